The van der Waals surface area contributed by atoms with Crippen LogP contribution in [0.15, 0.2) is 24.3 Å². The average Bonchev–Trinajstić information content (AvgIpc) is 2.73. The Balaban J connectivity index is 2.15. The van der Waals surface area contributed by atoms with E-state index in [1.54, 1.807) is 0 Å². The summed E-state index contributed by atoms with van der Waals surface area (Å²) in [5.41, 5.74) is 4.04. The lowest BCUT2D eigenvalue weighted by Gasteiger charge is -2.35. The Kier molecular flexibility index (Phi) is 3.08. The van der Waals surface area contributed by atoms with Gasteiger partial charge in [-0.15, -0.1) is 0 Å². The van der Waals surface area contributed by atoms with Crippen molar-refractivity contribution in [2.45, 2.75) is 44.4 Å². The Morgan fingerprint density at radius 1 is 1.40 bits per heavy atom. The molecule has 1 N–H and O–H groups in total. The molecule has 3 rings (SSSR count). The first-order chi connectivity index (χ1) is 9.53. The van der Waals surface area contributed by atoms with Crippen LogP contribution >= 0.6 is 0 Å². The van der Waals surface area contributed by atoms with Crippen molar-refractivity contribution in [3.63, 3.8) is 0 Å². The van der Waals surface area contributed by atoms with Crippen LogP contribution in [-0.2, 0) is 23.7 Å². The van der Waals surface area contributed by atoms with Crippen LogP contribution in [0.3, 0.4) is 0 Å². The molecule has 20 heavy (non-hydrogen) atoms. The fraction of sp³-hybridized carbons (Fsp3) is 0.471. The summed E-state index contributed by atoms with van der Waals surface area (Å²) in [7, 11) is 2.12. The van der Waals surface area contributed by atoms with Crippen molar-refractivity contribution >= 4 is 16.9 Å². The van der Waals surface area contributed by atoms with Crippen molar-refractivity contribution in [1.82, 2.24) is 4.57 Å². The molecule has 1 atom stereocenters. The van der Waals surface area contributed by atoms with Crippen LogP contribution in [0.5, 0.6) is 0 Å². The van der Waals surface area contributed by atoms with Gasteiger partial charge in [0.25, 0.3) is 0 Å². The Morgan fingerprint density at radius 3 is 2.90 bits per heavy atom. The highest BCUT2D eigenvalue weighted by molar-refractivity contribution is 5.86. The normalized spacial score (nSPS) is 21.9. The quantitative estimate of drug-likeness (QED) is 0.926. The van der Waals surface area contributed by atoms with Gasteiger partial charge in [0.05, 0.1) is 0 Å². The van der Waals surface area contributed by atoms with Crippen LogP contribution in [0.25, 0.3) is 10.9 Å². The summed E-state index contributed by atoms with van der Waals surface area (Å²) in [4.78, 5) is 10.9. The van der Waals surface area contributed by atoms with Gasteiger partial charge >= 0.3 is 5.97 Å². The smallest absolute Gasteiger partial charge is 0.303 e. The maximum Gasteiger partial charge on any atom is 0.303 e. The predicted molar refractivity (Wildman–Crippen MR) is 80.1 cm³/mol. The molecule has 0 aliphatic heterocycles. The number of rotatable bonds is 3. The maximum atomic E-state index is 10.9. The number of fused-ring (bicyclic) bond motifs is 3. The van der Waals surface area contributed by atoms with Gasteiger partial charge in [-0.3, -0.25) is 4.79 Å². The first kappa shape index (κ1) is 13.2. The molecule has 0 bridgehead atoms. The zero-order chi connectivity index (χ0) is 14.3. The topological polar surface area (TPSA) is 42.2 Å². The third kappa shape index (κ3) is 1.92. The summed E-state index contributed by atoms with van der Waals surface area (Å²) in [5, 5.41) is 10.3. The van der Waals surface area contributed by atoms with Crippen molar-refractivity contribution in [2.24, 2.45) is 7.05 Å². The van der Waals surface area contributed by atoms with Crippen LogP contribution in [0, 0.1) is 0 Å². The number of carbonyl (C=O) groups is 1. The summed E-state index contributed by atoms with van der Waals surface area (Å²) in [6, 6.07) is 8.51. The number of benzene rings is 1. The van der Waals surface area contributed by atoms with E-state index in [1.165, 1.54) is 22.2 Å². The lowest BCUT2D eigenvalue weighted by molar-refractivity contribution is -0.137. The van der Waals surface area contributed by atoms with Gasteiger partial charge in [-0.25, -0.2) is 0 Å². The minimum atomic E-state index is -0.697. The monoisotopic (exact) mass is 271 g/mol. The minimum Gasteiger partial charge on any atom is -0.481 e. The van der Waals surface area contributed by atoms with Gasteiger partial charge in [0.2, 0.25) is 0 Å². The van der Waals surface area contributed by atoms with Gasteiger partial charge in [0.1, 0.15) is 0 Å². The van der Waals surface area contributed by atoms with Crippen LogP contribution in [0.1, 0.15) is 43.9 Å². The van der Waals surface area contributed by atoms with Gasteiger partial charge in [0, 0.05) is 35.5 Å². The number of aryl methyl sites for hydroxylation is 2. The molecular formula is C17H21NO2. The van der Waals surface area contributed by atoms with Crippen LogP contribution in [0.2, 0.25) is 0 Å². The SMILES string of the molecule is Cn1c2c(c3ccccc31)CCC[C@@]2(C)CCC(=O)O. The van der Waals surface area contributed by atoms with E-state index in [0.717, 1.165) is 25.7 Å². The highest BCUT2D eigenvalue weighted by Crippen LogP contribution is 2.44. The second-order valence-corrected chi connectivity index (χ2v) is 6.21. The van der Waals surface area contributed by atoms with E-state index < -0.39 is 5.97 Å². The highest BCUT2D eigenvalue weighted by atomic mass is 16.4. The Hall–Kier alpha value is -1.77. The van der Waals surface area contributed by atoms with E-state index in [9.17, 15) is 4.79 Å². The number of hydrogen-bond donors (Lipinski definition) is 1. The molecule has 0 unspecified atom stereocenters. The number of aliphatic carboxylic acids is 1. The van der Waals surface area contributed by atoms with Gasteiger partial charge < -0.3 is 9.67 Å². The number of hydrogen-bond acceptors (Lipinski definition) is 1. The zero-order valence-corrected chi connectivity index (χ0v) is 12.1. The summed E-state index contributed by atoms with van der Waals surface area (Å²) in [6.07, 6.45) is 4.31. The summed E-state index contributed by atoms with van der Waals surface area (Å²) >= 11 is 0. The molecule has 0 spiro atoms. The van der Waals surface area contributed by atoms with Gasteiger partial charge in [-0.2, -0.15) is 0 Å². The lowest BCUT2D eigenvalue weighted by Crippen LogP contribution is -2.30. The molecular weight excluding hydrogens is 250 g/mol. The molecule has 2 aromatic rings. The molecule has 0 saturated carbocycles. The third-order valence-corrected chi connectivity index (χ3v) is 4.83. The van der Waals surface area contributed by atoms with E-state index >= 15 is 0 Å². The fourth-order valence-corrected chi connectivity index (χ4v) is 3.89. The lowest BCUT2D eigenvalue weighted by atomic mass is 9.71. The number of para-hydroxylation sites is 1. The molecule has 0 saturated heterocycles. The Morgan fingerprint density at radius 2 is 2.15 bits per heavy atom. The summed E-state index contributed by atoms with van der Waals surface area (Å²) < 4.78 is 2.28. The molecule has 0 radical (unpaired) electrons. The second kappa shape index (κ2) is 4.65. The largest absolute Gasteiger partial charge is 0.481 e. The van der Waals surface area contributed by atoms with E-state index in [1.807, 2.05) is 0 Å². The summed E-state index contributed by atoms with van der Waals surface area (Å²) in [6.45, 7) is 2.23. The summed E-state index contributed by atoms with van der Waals surface area (Å²) in [5.74, 6) is -0.697. The van der Waals surface area contributed by atoms with Gasteiger partial charge in [-0.1, -0.05) is 25.1 Å². The zero-order valence-electron chi connectivity index (χ0n) is 12.1. The van der Waals surface area contributed by atoms with Crippen LogP contribution < -0.4 is 0 Å². The van der Waals surface area contributed by atoms with Gasteiger partial charge in [0.15, 0.2) is 0 Å². The Labute approximate surface area is 119 Å². The standard InChI is InChI=1S/C17H21NO2/c1-17(11-9-15(19)20)10-5-7-13-12-6-3-4-8-14(12)18(2)16(13)17/h3-4,6,8H,5,7,9-11H2,1-2H3,(H,19,20)/t17-/m0/s1. The molecule has 1 aliphatic rings. The molecule has 0 amide bonds. The highest BCUT2D eigenvalue weighted by Gasteiger charge is 2.36. The van der Waals surface area contributed by atoms with Crippen LogP contribution in [-0.4, -0.2) is 15.6 Å². The molecule has 1 aromatic carbocycles. The molecule has 3 nitrogen and oxygen atoms in total. The van der Waals surface area contributed by atoms with Crippen molar-refractivity contribution in [3.05, 3.63) is 35.5 Å². The average molecular weight is 271 g/mol. The minimum absolute atomic E-state index is 0.0141. The number of aromatic nitrogens is 1. The predicted octanol–water partition coefficient (Wildman–Crippen LogP) is 3.64. The molecule has 3 heteroatoms. The van der Waals surface area contributed by atoms with E-state index in [0.29, 0.717) is 0 Å². The van der Waals surface area contributed by atoms with Crippen molar-refractivity contribution in [3.8, 4) is 0 Å². The molecule has 1 heterocycles. The first-order valence-electron chi connectivity index (χ1n) is 7.31. The number of nitrogens with zero attached hydrogens (tertiary/aromatic N) is 1. The maximum absolute atomic E-state index is 10.9. The van der Waals surface area contributed by atoms with E-state index in [4.69, 9.17) is 5.11 Å². The molecule has 1 aliphatic carbocycles. The van der Waals surface area contributed by atoms with Crippen molar-refractivity contribution in [1.29, 1.82) is 0 Å². The molecule has 1 aromatic heterocycles. The van der Waals surface area contributed by atoms with Crippen molar-refractivity contribution < 1.29 is 9.90 Å². The van der Waals surface area contributed by atoms with E-state index in [2.05, 4.69) is 42.8 Å². The molecule has 0 fully saturated rings. The first-order valence-corrected chi connectivity index (χ1v) is 7.31. The van der Waals surface area contributed by atoms with E-state index in [-0.39, 0.29) is 11.8 Å². The molecule has 106 valence electrons. The third-order valence-electron chi connectivity index (χ3n) is 4.83. The Bertz CT molecular complexity index is 671. The number of carboxylic acids is 1. The second-order valence-electron chi connectivity index (χ2n) is 6.21. The number of carboxylic acid groups (broad SMARTS) is 1. The fourth-order valence-electron chi connectivity index (χ4n) is 3.89. The van der Waals surface area contributed by atoms with Gasteiger partial charge in [-0.05, 0) is 37.3 Å². The van der Waals surface area contributed by atoms with Crippen molar-refractivity contribution in [2.75, 3.05) is 0 Å². The van der Waals surface area contributed by atoms with Crippen LogP contribution in [0.4, 0.5) is 0 Å².